The van der Waals surface area contributed by atoms with E-state index >= 15 is 4.39 Å². The van der Waals surface area contributed by atoms with Crippen LogP contribution in [-0.2, 0) is 0 Å². The average molecular weight is 601 g/mol. The second kappa shape index (κ2) is 12.1. The van der Waals surface area contributed by atoms with Crippen LogP contribution in [0.5, 0.6) is 17.4 Å². The van der Waals surface area contributed by atoms with E-state index in [-0.39, 0.29) is 58.1 Å². The molecule has 1 aromatic heterocycles. The van der Waals surface area contributed by atoms with Gasteiger partial charge < -0.3 is 29.9 Å². The molecule has 0 aliphatic carbocycles. The maximum atomic E-state index is 15.2. The molecule has 0 radical (unpaired) electrons. The van der Waals surface area contributed by atoms with E-state index < -0.39 is 23.9 Å². The smallest absolute Gasteiger partial charge is 0.258 e. The molecule has 0 spiro atoms. The van der Waals surface area contributed by atoms with E-state index in [1.165, 1.54) is 19.4 Å². The molecular formula is C29H31ClF2N6O4. The van der Waals surface area contributed by atoms with Crippen LogP contribution in [-0.4, -0.2) is 77.6 Å². The number of carbonyl (C=O) groups is 2. The highest BCUT2D eigenvalue weighted by molar-refractivity contribution is 6.31. The van der Waals surface area contributed by atoms with Crippen LogP contribution in [0.15, 0.2) is 36.5 Å². The van der Waals surface area contributed by atoms with Gasteiger partial charge in [-0.15, -0.1) is 0 Å². The first-order chi connectivity index (χ1) is 20.1. The lowest BCUT2D eigenvalue weighted by Gasteiger charge is -2.34. The number of halogens is 3. The van der Waals surface area contributed by atoms with Gasteiger partial charge in [-0.2, -0.15) is 4.98 Å². The number of methoxy groups -OCH3 is 1. The molecule has 0 bridgehead atoms. The van der Waals surface area contributed by atoms with Gasteiger partial charge in [0, 0.05) is 26.2 Å². The monoisotopic (exact) mass is 600 g/mol. The van der Waals surface area contributed by atoms with Gasteiger partial charge in [-0.05, 0) is 37.6 Å². The molecule has 3 aromatic rings. The maximum Gasteiger partial charge on any atom is 0.258 e. The minimum Gasteiger partial charge on any atom is -0.495 e. The zero-order valence-electron chi connectivity index (χ0n) is 23.6. The molecule has 3 heterocycles. The largest absolute Gasteiger partial charge is 0.495 e. The molecule has 0 unspecified atom stereocenters. The predicted octanol–water partition coefficient (Wildman–Crippen LogP) is 5.12. The highest BCUT2D eigenvalue weighted by atomic mass is 35.5. The van der Waals surface area contributed by atoms with E-state index in [1.807, 2.05) is 24.8 Å². The summed E-state index contributed by atoms with van der Waals surface area (Å²) < 4.78 is 41.1. The summed E-state index contributed by atoms with van der Waals surface area (Å²) in [6, 6.07) is 6.75. The first-order valence-electron chi connectivity index (χ1n) is 13.5. The fourth-order valence-electron chi connectivity index (χ4n) is 5.14. The van der Waals surface area contributed by atoms with Crippen LogP contribution in [0.4, 0.5) is 20.4 Å². The number of rotatable bonds is 8. The standard InChI is InChI=1S/C29H31ClF2N6O4/c1-5-38-10-9-21(20(32)14-38)34-26(39)17-11-24(41-4)22(12-19(17)31)35-29-33-13-18(30)27(36-29)42-23-8-6-7-16-15(2)37(3)28(40)25(16)23/h6-8,11-13,15,20-21H,5,9-10,14H2,1-4H3,(H,34,39)(H,33,35,36)/t15-,20+,21-/m0/s1. The van der Waals surface area contributed by atoms with Crippen LogP contribution in [0, 0.1) is 5.82 Å². The lowest BCUT2D eigenvalue weighted by atomic mass is 10.0. The van der Waals surface area contributed by atoms with Crippen molar-refractivity contribution < 1.29 is 27.8 Å². The van der Waals surface area contributed by atoms with Crippen molar-refractivity contribution in [3.05, 3.63) is 64.1 Å². The minimum atomic E-state index is -1.26. The normalized spacial score (nSPS) is 20.3. The van der Waals surface area contributed by atoms with Crippen LogP contribution in [0.2, 0.25) is 5.02 Å². The topological polar surface area (TPSA) is 109 Å². The number of alkyl halides is 1. The molecule has 3 atom stereocenters. The van der Waals surface area contributed by atoms with Gasteiger partial charge in [0.15, 0.2) is 0 Å². The molecule has 42 heavy (non-hydrogen) atoms. The van der Waals surface area contributed by atoms with Gasteiger partial charge >= 0.3 is 0 Å². The Balaban J connectivity index is 1.35. The number of likely N-dealkylation sites (tertiary alicyclic amines) is 1. The summed E-state index contributed by atoms with van der Waals surface area (Å²) in [7, 11) is 3.08. The number of piperidine rings is 1. The van der Waals surface area contributed by atoms with Crippen molar-refractivity contribution in [2.75, 3.05) is 39.1 Å². The summed E-state index contributed by atoms with van der Waals surface area (Å²) >= 11 is 6.31. The minimum absolute atomic E-state index is 0.00311. The Kier molecular flexibility index (Phi) is 8.46. The fraction of sp³-hybridized carbons (Fsp3) is 0.379. The van der Waals surface area contributed by atoms with Crippen molar-refractivity contribution in [3.63, 3.8) is 0 Å². The second-order valence-electron chi connectivity index (χ2n) is 10.2. The number of ether oxygens (including phenoxy) is 2. The number of fused-ring (bicyclic) bond motifs is 1. The maximum absolute atomic E-state index is 15.2. The van der Waals surface area contributed by atoms with Crippen molar-refractivity contribution in [2.45, 2.75) is 38.5 Å². The molecule has 222 valence electrons. The summed E-state index contributed by atoms with van der Waals surface area (Å²) in [5.74, 6) is -1.38. The van der Waals surface area contributed by atoms with E-state index in [0.29, 0.717) is 18.5 Å². The van der Waals surface area contributed by atoms with E-state index in [4.69, 9.17) is 21.1 Å². The molecule has 2 N–H and O–H groups in total. The Morgan fingerprint density at radius 2 is 2.05 bits per heavy atom. The number of aromatic nitrogens is 2. The third-order valence-electron chi connectivity index (χ3n) is 7.71. The Morgan fingerprint density at radius 1 is 1.26 bits per heavy atom. The van der Waals surface area contributed by atoms with Crippen molar-refractivity contribution in [2.24, 2.45) is 0 Å². The molecule has 2 aliphatic rings. The third kappa shape index (κ3) is 5.68. The SMILES string of the molecule is CCN1CC[C@H](NC(=O)c2cc(OC)c(Nc3ncc(Cl)c(Oc4cccc5c4C(=O)N(C)[C@H]5C)n3)cc2F)[C@H](F)C1. The predicted molar refractivity (Wildman–Crippen MR) is 153 cm³/mol. The molecule has 0 saturated carbocycles. The van der Waals surface area contributed by atoms with E-state index in [2.05, 4.69) is 20.6 Å². The Morgan fingerprint density at radius 3 is 2.76 bits per heavy atom. The number of nitrogens with one attached hydrogen (secondary N) is 2. The lowest BCUT2D eigenvalue weighted by Crippen LogP contribution is -2.52. The number of amides is 2. The summed E-state index contributed by atoms with van der Waals surface area (Å²) in [4.78, 5) is 37.7. The highest BCUT2D eigenvalue weighted by Gasteiger charge is 2.34. The number of benzene rings is 2. The van der Waals surface area contributed by atoms with Crippen molar-refractivity contribution >= 4 is 35.1 Å². The molecular weight excluding hydrogens is 570 g/mol. The van der Waals surface area contributed by atoms with Crippen LogP contribution in [0.3, 0.4) is 0 Å². The summed E-state index contributed by atoms with van der Waals surface area (Å²) in [5, 5.41) is 5.56. The van der Waals surface area contributed by atoms with Gasteiger partial charge in [-0.25, -0.2) is 13.8 Å². The van der Waals surface area contributed by atoms with Gasteiger partial charge in [-0.3, -0.25) is 9.59 Å². The molecule has 5 rings (SSSR count). The van der Waals surface area contributed by atoms with Gasteiger partial charge in [-0.1, -0.05) is 30.7 Å². The molecule has 1 fully saturated rings. The van der Waals surface area contributed by atoms with Gasteiger partial charge in [0.05, 0.1) is 42.2 Å². The quantitative estimate of drug-likeness (QED) is 0.367. The molecule has 1 saturated heterocycles. The lowest BCUT2D eigenvalue weighted by molar-refractivity contribution is 0.0778. The molecule has 2 aromatic carbocycles. The van der Waals surface area contributed by atoms with Crippen LogP contribution in [0.1, 0.15) is 52.6 Å². The number of hydrogen-bond donors (Lipinski definition) is 2. The summed E-state index contributed by atoms with van der Waals surface area (Å²) in [6.07, 6.45) is 0.465. The van der Waals surface area contributed by atoms with E-state index in [9.17, 15) is 14.0 Å². The van der Waals surface area contributed by atoms with Crippen LogP contribution >= 0.6 is 11.6 Å². The first-order valence-corrected chi connectivity index (χ1v) is 13.9. The fourth-order valence-corrected chi connectivity index (χ4v) is 5.27. The first kappa shape index (κ1) is 29.5. The molecule has 13 heteroatoms. The summed E-state index contributed by atoms with van der Waals surface area (Å²) in [6.45, 7) is 5.44. The Labute approximate surface area is 247 Å². The van der Waals surface area contributed by atoms with E-state index in [0.717, 1.165) is 18.2 Å². The van der Waals surface area contributed by atoms with Crippen LogP contribution < -0.4 is 20.1 Å². The number of nitrogens with zero attached hydrogens (tertiary/aromatic N) is 4. The zero-order valence-corrected chi connectivity index (χ0v) is 24.3. The second-order valence-corrected chi connectivity index (χ2v) is 10.6. The molecule has 10 nitrogen and oxygen atoms in total. The number of anilines is 2. The Bertz CT molecular complexity index is 1530. The average Bonchev–Trinajstić information content (AvgIpc) is 3.20. The molecule has 2 amide bonds. The molecule has 2 aliphatic heterocycles. The van der Waals surface area contributed by atoms with E-state index in [1.54, 1.807) is 24.1 Å². The zero-order chi connectivity index (χ0) is 30.1. The summed E-state index contributed by atoms with van der Waals surface area (Å²) in [5.41, 5.74) is 1.08. The highest BCUT2D eigenvalue weighted by Crippen LogP contribution is 2.40. The number of carbonyl (C=O) groups excluding carboxylic acids is 2. The van der Waals surface area contributed by atoms with Gasteiger partial charge in [0.2, 0.25) is 11.8 Å². The van der Waals surface area contributed by atoms with Crippen LogP contribution in [0.25, 0.3) is 0 Å². The number of hydrogen-bond acceptors (Lipinski definition) is 8. The third-order valence-corrected chi connectivity index (χ3v) is 7.97. The van der Waals surface area contributed by atoms with Crippen molar-refractivity contribution in [1.29, 1.82) is 0 Å². The van der Waals surface area contributed by atoms with Gasteiger partial charge in [0.25, 0.3) is 11.8 Å². The van der Waals surface area contributed by atoms with Gasteiger partial charge in [0.1, 0.15) is 28.5 Å². The Hall–Kier alpha value is -4.03. The van der Waals surface area contributed by atoms with Crippen molar-refractivity contribution in [3.8, 4) is 17.4 Å². The van der Waals surface area contributed by atoms with Crippen molar-refractivity contribution in [1.82, 2.24) is 25.1 Å².